The van der Waals surface area contributed by atoms with Gasteiger partial charge in [-0.25, -0.2) is 0 Å². The van der Waals surface area contributed by atoms with E-state index in [1.54, 1.807) is 0 Å². The molecule has 2 saturated heterocycles. The molecule has 0 aromatic rings. The van der Waals surface area contributed by atoms with Crippen LogP contribution < -0.4 is 33.6 Å². The van der Waals surface area contributed by atoms with Crippen molar-refractivity contribution in [1.29, 1.82) is 0 Å². The molecule has 246 valence electrons. The van der Waals surface area contributed by atoms with Crippen molar-refractivity contribution in [1.82, 2.24) is 10.6 Å². The Morgan fingerprint density at radius 3 is 2.12 bits per heavy atom. The molecule has 0 bridgehead atoms. The molecule has 4 fully saturated rings. The first-order chi connectivity index (χ1) is 20.0. The van der Waals surface area contributed by atoms with Gasteiger partial charge in [0.05, 0.1) is 56.3 Å². The smallest absolute Gasteiger partial charge is 0.186 e. The lowest BCUT2D eigenvalue weighted by Crippen LogP contribution is -2.70. The fourth-order valence-corrected chi connectivity index (χ4v) is 6.90. The van der Waals surface area contributed by atoms with E-state index in [9.17, 15) is 35.7 Å². The predicted molar refractivity (Wildman–Crippen MR) is 148 cm³/mol. The van der Waals surface area contributed by atoms with Gasteiger partial charge >= 0.3 is 0 Å². The first-order valence-electron chi connectivity index (χ1n) is 15.0. The van der Waals surface area contributed by atoms with Gasteiger partial charge < -0.3 is 83.5 Å². The molecule has 17 N–H and O–H groups in total. The Morgan fingerprint density at radius 2 is 1.52 bits per heavy atom. The summed E-state index contributed by atoms with van der Waals surface area (Å²) < 4.78 is 18.1. The second kappa shape index (κ2) is 15.1. The van der Waals surface area contributed by atoms with Crippen molar-refractivity contribution >= 4 is 0 Å². The molecule has 2 aliphatic heterocycles. The molecule has 2 saturated carbocycles. The van der Waals surface area contributed by atoms with Gasteiger partial charge in [-0.1, -0.05) is 0 Å². The van der Waals surface area contributed by atoms with Crippen LogP contribution in [0.5, 0.6) is 0 Å². The van der Waals surface area contributed by atoms with Crippen molar-refractivity contribution in [3.63, 3.8) is 0 Å². The van der Waals surface area contributed by atoms with Crippen LogP contribution in [0, 0.1) is 11.8 Å². The largest absolute Gasteiger partial charge is 0.395 e. The van der Waals surface area contributed by atoms with Crippen molar-refractivity contribution < 1.29 is 50.0 Å². The molecule has 0 radical (unpaired) electrons. The summed E-state index contributed by atoms with van der Waals surface area (Å²) >= 11 is 0. The SMILES string of the molecule is NC[C@H]1O[C@H](C2[C@@H](N)C[C@@H](NC(CO)CO)[C@H](O[C@H]3O[C@H](CO)[C@@H](O)[C@H](N)[C@H]3O)[C@H]2O)[C@H](NCC2CC(N)C2)C[C@@H]1O. The van der Waals surface area contributed by atoms with Crippen LogP contribution in [-0.2, 0) is 14.2 Å². The average Bonchev–Trinajstić information content (AvgIpc) is 2.95. The van der Waals surface area contributed by atoms with Crippen molar-refractivity contribution in [2.24, 2.45) is 34.8 Å². The molecule has 4 rings (SSSR count). The first kappa shape index (κ1) is 34.2. The maximum absolute atomic E-state index is 11.9. The fourth-order valence-electron chi connectivity index (χ4n) is 6.90. The minimum Gasteiger partial charge on any atom is -0.395 e. The minimum atomic E-state index is -1.50. The Kier molecular flexibility index (Phi) is 12.3. The fraction of sp³-hybridized carbons (Fsp3) is 1.00. The lowest BCUT2D eigenvalue weighted by molar-refractivity contribution is -0.307. The highest BCUT2D eigenvalue weighted by Crippen LogP contribution is 2.37. The third-order valence-electron chi connectivity index (χ3n) is 9.47. The molecule has 2 heterocycles. The molecule has 14 atom stereocenters. The molecule has 0 aromatic heterocycles. The summed E-state index contributed by atoms with van der Waals surface area (Å²) in [5, 5.41) is 79.3. The molecule has 16 heteroatoms. The van der Waals surface area contributed by atoms with Crippen LogP contribution in [0.2, 0.25) is 0 Å². The number of hydrogen-bond donors (Lipinski definition) is 13. The average molecular weight is 609 g/mol. The molecule has 0 spiro atoms. The van der Waals surface area contributed by atoms with E-state index in [4.69, 9.17) is 37.1 Å². The van der Waals surface area contributed by atoms with E-state index in [1.807, 2.05) is 0 Å². The number of hydrogen-bond acceptors (Lipinski definition) is 16. The van der Waals surface area contributed by atoms with Gasteiger partial charge in [0.25, 0.3) is 0 Å². The van der Waals surface area contributed by atoms with Gasteiger partial charge in [-0.15, -0.1) is 0 Å². The van der Waals surface area contributed by atoms with E-state index in [0.29, 0.717) is 18.9 Å². The Bertz CT molecular complexity index is 826. The second-order valence-corrected chi connectivity index (χ2v) is 12.5. The maximum atomic E-state index is 11.9. The molecule has 42 heavy (non-hydrogen) atoms. The number of aliphatic hydroxyl groups is 7. The molecule has 2 aliphatic carbocycles. The topological polar surface area (TPSA) is 297 Å². The van der Waals surface area contributed by atoms with Crippen LogP contribution in [-0.4, -0.2) is 160 Å². The summed E-state index contributed by atoms with van der Waals surface area (Å²) in [5.41, 5.74) is 24.5. The van der Waals surface area contributed by atoms with E-state index >= 15 is 0 Å². The molecule has 0 amide bonds. The Balaban J connectivity index is 1.59. The molecular weight excluding hydrogens is 556 g/mol. The van der Waals surface area contributed by atoms with E-state index in [-0.39, 0.29) is 25.0 Å². The first-order valence-corrected chi connectivity index (χ1v) is 15.0. The Morgan fingerprint density at radius 1 is 0.833 bits per heavy atom. The summed E-state index contributed by atoms with van der Waals surface area (Å²) in [4.78, 5) is 0. The summed E-state index contributed by atoms with van der Waals surface area (Å²) in [6.07, 6.45) is -7.72. The third-order valence-corrected chi connectivity index (χ3v) is 9.47. The van der Waals surface area contributed by atoms with E-state index in [1.165, 1.54) is 0 Å². The van der Waals surface area contributed by atoms with Crippen molar-refractivity contribution in [3.05, 3.63) is 0 Å². The maximum Gasteiger partial charge on any atom is 0.186 e. The quantitative estimate of drug-likeness (QED) is 0.0979. The van der Waals surface area contributed by atoms with Gasteiger partial charge in [0, 0.05) is 36.6 Å². The zero-order valence-electron chi connectivity index (χ0n) is 23.8. The van der Waals surface area contributed by atoms with Gasteiger partial charge in [-0.3, -0.25) is 0 Å². The van der Waals surface area contributed by atoms with E-state index < -0.39 is 105 Å². The molecule has 1 unspecified atom stereocenters. The van der Waals surface area contributed by atoms with Crippen LogP contribution >= 0.6 is 0 Å². The van der Waals surface area contributed by atoms with E-state index in [2.05, 4.69) is 10.6 Å². The third kappa shape index (κ3) is 7.42. The predicted octanol–water partition coefficient (Wildman–Crippen LogP) is -6.67. The summed E-state index contributed by atoms with van der Waals surface area (Å²) in [7, 11) is 0. The van der Waals surface area contributed by atoms with Crippen LogP contribution in [0.15, 0.2) is 0 Å². The van der Waals surface area contributed by atoms with Crippen LogP contribution in [0.1, 0.15) is 25.7 Å². The number of ether oxygens (including phenoxy) is 3. The highest BCUT2D eigenvalue weighted by molar-refractivity contribution is 5.07. The van der Waals surface area contributed by atoms with Crippen molar-refractivity contribution in [3.8, 4) is 0 Å². The zero-order chi connectivity index (χ0) is 30.7. The number of nitrogens with two attached hydrogens (primary N) is 4. The molecule has 16 nitrogen and oxygen atoms in total. The monoisotopic (exact) mass is 608 g/mol. The summed E-state index contributed by atoms with van der Waals surface area (Å²) in [5.74, 6) is -0.344. The molecular formula is C26H52N6O10. The summed E-state index contributed by atoms with van der Waals surface area (Å²) in [6, 6.07) is -3.52. The second-order valence-electron chi connectivity index (χ2n) is 12.5. The normalized spacial score (nSPS) is 48.3. The van der Waals surface area contributed by atoms with Gasteiger partial charge in [-0.2, -0.15) is 0 Å². The molecule has 4 aliphatic rings. The highest BCUT2D eigenvalue weighted by atomic mass is 16.7. The standard InChI is InChI=1S/C26H52N6O10/c27-5-17-16(36)4-14(31-6-10-1-11(28)2-10)24(40-17)19-13(29)3-15(32-12(7-33)8-34)25(22(19)38)42-26-23(39)20(30)21(37)18(9-35)41-26/h10-26,31-39H,1-9,27-30H2/t10?,11?,13-,14+,15+,16-,17+,18+,19?,20-,21+,22-,23+,24-,25-,26+/m0/s1. The highest BCUT2D eigenvalue weighted by Gasteiger charge is 2.54. The van der Waals surface area contributed by atoms with Crippen LogP contribution in [0.4, 0.5) is 0 Å². The minimum absolute atomic E-state index is 0.0591. The lowest BCUT2D eigenvalue weighted by atomic mass is 9.71. The van der Waals surface area contributed by atoms with Crippen molar-refractivity contribution in [2.75, 3.05) is 32.9 Å². The van der Waals surface area contributed by atoms with Gasteiger partial charge in [0.1, 0.15) is 24.4 Å². The Labute approximate surface area is 245 Å². The lowest BCUT2D eigenvalue weighted by Gasteiger charge is -2.52. The Hall–Kier alpha value is -0.640. The summed E-state index contributed by atoms with van der Waals surface area (Å²) in [6.45, 7) is -0.680. The van der Waals surface area contributed by atoms with Gasteiger partial charge in [0.15, 0.2) is 6.29 Å². The number of rotatable bonds is 12. The van der Waals surface area contributed by atoms with Gasteiger partial charge in [0.2, 0.25) is 0 Å². The van der Waals surface area contributed by atoms with Crippen LogP contribution in [0.3, 0.4) is 0 Å². The van der Waals surface area contributed by atoms with Crippen molar-refractivity contribution in [2.45, 2.75) is 117 Å². The van der Waals surface area contributed by atoms with Gasteiger partial charge in [-0.05, 0) is 38.1 Å². The zero-order valence-corrected chi connectivity index (χ0v) is 23.8. The number of nitrogens with one attached hydrogen (secondary N) is 2. The van der Waals surface area contributed by atoms with Crippen LogP contribution in [0.25, 0.3) is 0 Å². The molecule has 0 aromatic carbocycles. The van der Waals surface area contributed by atoms with E-state index in [0.717, 1.165) is 12.8 Å². The number of aliphatic hydroxyl groups excluding tert-OH is 7.